The van der Waals surface area contributed by atoms with Crippen LogP contribution in [-0.4, -0.2) is 17.7 Å². The topological polar surface area (TPSA) is 46.5 Å². The van der Waals surface area contributed by atoms with Crippen LogP contribution in [-0.2, 0) is 21.9 Å². The van der Waals surface area contributed by atoms with Crippen molar-refractivity contribution in [1.29, 1.82) is 0 Å². The van der Waals surface area contributed by atoms with Crippen LogP contribution in [0.3, 0.4) is 0 Å². The van der Waals surface area contributed by atoms with E-state index in [2.05, 4.69) is 0 Å². The molecule has 1 aromatic carbocycles. The zero-order valence-corrected chi connectivity index (χ0v) is 11.3. The Hall–Kier alpha value is 0.169. The summed E-state index contributed by atoms with van der Waals surface area (Å²) >= 11 is 22.9. The fourth-order valence-electron chi connectivity index (χ4n) is 0.816. The minimum Gasteiger partial charge on any atom is -0.479 e. The van der Waals surface area contributed by atoms with Gasteiger partial charge in [0.15, 0.2) is 12.4 Å². The van der Waals surface area contributed by atoms with E-state index in [0.29, 0.717) is 0 Å². The van der Waals surface area contributed by atoms with Gasteiger partial charge in [-0.05, 0) is 6.07 Å². The molecular weight excluding hydrogens is 349 g/mol. The Labute approximate surface area is 122 Å². The minimum atomic E-state index is -1.15. The molecular formula is C8H4Cl4CuO3+2. The van der Waals surface area contributed by atoms with Gasteiger partial charge in [-0.2, -0.15) is 0 Å². The Morgan fingerprint density at radius 1 is 1.19 bits per heavy atom. The Kier molecular flexibility index (Phi) is 6.87. The number of halogens is 4. The van der Waals surface area contributed by atoms with Crippen molar-refractivity contribution in [2.75, 3.05) is 6.61 Å². The predicted octanol–water partition coefficient (Wildman–Crippen LogP) is 3.76. The molecule has 1 N–H and O–H groups in total. The van der Waals surface area contributed by atoms with Gasteiger partial charge in [-0.3, -0.25) is 0 Å². The van der Waals surface area contributed by atoms with Crippen LogP contribution in [0.4, 0.5) is 0 Å². The maximum Gasteiger partial charge on any atom is 2.00 e. The fourth-order valence-corrected chi connectivity index (χ4v) is 1.83. The first kappa shape index (κ1) is 16.2. The molecule has 0 saturated carbocycles. The number of carboxylic acid groups (broad SMARTS) is 1. The maximum atomic E-state index is 10.3. The van der Waals surface area contributed by atoms with Crippen LogP contribution in [0.5, 0.6) is 5.75 Å². The van der Waals surface area contributed by atoms with Gasteiger partial charge in [-0.1, -0.05) is 46.4 Å². The molecule has 1 aromatic rings. The van der Waals surface area contributed by atoms with Crippen molar-refractivity contribution in [3.05, 3.63) is 26.2 Å². The van der Waals surface area contributed by atoms with Crippen molar-refractivity contribution in [2.45, 2.75) is 0 Å². The van der Waals surface area contributed by atoms with Gasteiger partial charge in [0, 0.05) is 0 Å². The van der Waals surface area contributed by atoms with Crippen LogP contribution in [0.15, 0.2) is 6.07 Å². The molecule has 0 fully saturated rings. The van der Waals surface area contributed by atoms with Crippen molar-refractivity contribution in [3.63, 3.8) is 0 Å². The summed E-state index contributed by atoms with van der Waals surface area (Å²) in [4.78, 5) is 10.3. The third-order valence-corrected chi connectivity index (χ3v) is 2.94. The summed E-state index contributed by atoms with van der Waals surface area (Å²) in [5.41, 5.74) is 0. The normalized spacial score (nSPS) is 9.50. The molecule has 91 valence electrons. The molecule has 0 heterocycles. The molecule has 0 atom stereocenters. The van der Waals surface area contributed by atoms with Crippen LogP contribution >= 0.6 is 46.4 Å². The molecule has 0 spiro atoms. The number of ether oxygens (including phenoxy) is 1. The fraction of sp³-hybridized carbons (Fsp3) is 0.125. The Morgan fingerprint density at radius 2 is 1.75 bits per heavy atom. The molecule has 3 nitrogen and oxygen atoms in total. The van der Waals surface area contributed by atoms with Crippen LogP contribution < -0.4 is 4.74 Å². The standard InChI is InChI=1S/C8H4Cl4O3.Cu/c9-3-1-4(10)8(7(12)6(3)11)15-2-5(13)14;/h1H,2H2,(H,13,14);/q;+2. The van der Waals surface area contributed by atoms with Crippen LogP contribution in [0.1, 0.15) is 0 Å². The Morgan fingerprint density at radius 3 is 2.25 bits per heavy atom. The number of hydrogen-bond donors (Lipinski definition) is 1. The maximum absolute atomic E-state index is 10.3. The van der Waals surface area contributed by atoms with Crippen molar-refractivity contribution in [1.82, 2.24) is 0 Å². The number of aliphatic carboxylic acids is 1. The van der Waals surface area contributed by atoms with Gasteiger partial charge in [-0.25, -0.2) is 4.79 Å². The summed E-state index contributed by atoms with van der Waals surface area (Å²) in [6.07, 6.45) is 0. The molecule has 0 unspecified atom stereocenters. The summed E-state index contributed by atoms with van der Waals surface area (Å²) in [6.45, 7) is -0.558. The molecule has 16 heavy (non-hydrogen) atoms. The zero-order chi connectivity index (χ0) is 11.6. The van der Waals surface area contributed by atoms with E-state index >= 15 is 0 Å². The van der Waals surface area contributed by atoms with Crippen molar-refractivity contribution in [3.8, 4) is 5.75 Å². The predicted molar refractivity (Wildman–Crippen MR) is 59.6 cm³/mol. The van der Waals surface area contributed by atoms with Gasteiger partial charge >= 0.3 is 23.0 Å². The van der Waals surface area contributed by atoms with E-state index in [0.717, 1.165) is 0 Å². The third kappa shape index (κ3) is 3.88. The van der Waals surface area contributed by atoms with Gasteiger partial charge in [0.1, 0.15) is 5.02 Å². The summed E-state index contributed by atoms with van der Waals surface area (Å²) in [7, 11) is 0. The van der Waals surface area contributed by atoms with E-state index in [9.17, 15) is 4.79 Å². The Bertz CT molecular complexity index is 411. The molecule has 0 amide bonds. The SMILES string of the molecule is O=C(O)COc1c(Cl)cc(Cl)c(Cl)c1Cl.[Cu+2]. The second-order valence-electron chi connectivity index (χ2n) is 2.48. The van der Waals surface area contributed by atoms with Gasteiger partial charge in [-0.15, -0.1) is 0 Å². The largest absolute Gasteiger partial charge is 2.00 e. The van der Waals surface area contributed by atoms with Crippen molar-refractivity contribution >= 4 is 52.4 Å². The molecule has 1 radical (unpaired) electrons. The second kappa shape index (κ2) is 6.80. The monoisotopic (exact) mass is 351 g/mol. The van der Waals surface area contributed by atoms with Gasteiger partial charge in [0.2, 0.25) is 0 Å². The summed E-state index contributed by atoms with van der Waals surface area (Å²) in [6, 6.07) is 1.33. The summed E-state index contributed by atoms with van der Waals surface area (Å²) in [5, 5.41) is 8.76. The number of hydrogen-bond acceptors (Lipinski definition) is 2. The average Bonchev–Trinajstić information content (AvgIpc) is 2.14. The second-order valence-corrected chi connectivity index (χ2v) is 4.05. The smallest absolute Gasteiger partial charge is 0.479 e. The van der Waals surface area contributed by atoms with E-state index in [-0.39, 0.29) is 42.9 Å². The molecule has 0 aliphatic rings. The average molecular weight is 353 g/mol. The van der Waals surface area contributed by atoms with Gasteiger partial charge in [0.25, 0.3) is 0 Å². The van der Waals surface area contributed by atoms with Crippen LogP contribution in [0.2, 0.25) is 20.1 Å². The molecule has 0 aromatic heterocycles. The third-order valence-electron chi connectivity index (χ3n) is 1.41. The molecule has 0 aliphatic carbocycles. The number of rotatable bonds is 3. The quantitative estimate of drug-likeness (QED) is 0.511. The van der Waals surface area contributed by atoms with E-state index in [4.69, 9.17) is 56.2 Å². The minimum absolute atomic E-state index is 0. The van der Waals surface area contributed by atoms with Crippen molar-refractivity contribution < 1.29 is 31.7 Å². The molecule has 8 heteroatoms. The summed E-state index contributed by atoms with van der Waals surface area (Å²) in [5.74, 6) is -1.14. The first-order valence-corrected chi connectivity index (χ1v) is 5.12. The van der Waals surface area contributed by atoms with Crippen LogP contribution in [0, 0.1) is 0 Å². The van der Waals surface area contributed by atoms with E-state index in [1.807, 2.05) is 0 Å². The van der Waals surface area contributed by atoms with E-state index in [1.165, 1.54) is 6.07 Å². The molecule has 0 saturated heterocycles. The number of benzene rings is 1. The molecule has 1 rings (SSSR count). The van der Waals surface area contributed by atoms with E-state index in [1.54, 1.807) is 0 Å². The summed E-state index contributed by atoms with van der Waals surface area (Å²) < 4.78 is 4.86. The van der Waals surface area contributed by atoms with Gasteiger partial charge < -0.3 is 9.84 Å². The number of carboxylic acids is 1. The van der Waals surface area contributed by atoms with E-state index < -0.39 is 12.6 Å². The molecule has 0 aliphatic heterocycles. The first-order valence-electron chi connectivity index (χ1n) is 3.61. The first-order chi connectivity index (χ1) is 6.93. The van der Waals surface area contributed by atoms with Crippen molar-refractivity contribution in [2.24, 2.45) is 0 Å². The zero-order valence-electron chi connectivity index (χ0n) is 7.36. The van der Waals surface area contributed by atoms with Gasteiger partial charge in [0.05, 0.1) is 15.1 Å². The van der Waals surface area contributed by atoms with Crippen LogP contribution in [0.25, 0.3) is 0 Å². The Balaban J connectivity index is 0.00000225. The molecule has 0 bridgehead atoms. The number of carbonyl (C=O) groups is 1.